The second-order valence-electron chi connectivity index (χ2n) is 5.32. The standard InChI is InChI=1S/C14H17Br2NO2/c1-9-4-11(14(18)19)8-17(6-9)7-10-2-3-12(15)13(16)5-10/h2-3,5,9,11H,4,6-8H2,1H3,(H,18,19). The van der Waals surface area contributed by atoms with E-state index < -0.39 is 5.97 Å². The molecule has 2 unspecified atom stereocenters. The number of halogens is 2. The van der Waals surface area contributed by atoms with Gasteiger partial charge in [-0.15, -0.1) is 0 Å². The zero-order valence-electron chi connectivity index (χ0n) is 10.8. The molecular formula is C14H17Br2NO2. The molecule has 19 heavy (non-hydrogen) atoms. The summed E-state index contributed by atoms with van der Waals surface area (Å²) in [5.41, 5.74) is 1.20. The van der Waals surface area contributed by atoms with Gasteiger partial charge in [0.25, 0.3) is 0 Å². The number of carboxylic acids is 1. The molecule has 0 radical (unpaired) electrons. The molecule has 0 bridgehead atoms. The van der Waals surface area contributed by atoms with E-state index >= 15 is 0 Å². The van der Waals surface area contributed by atoms with Crippen molar-refractivity contribution >= 4 is 37.8 Å². The first kappa shape index (κ1) is 15.0. The number of carbonyl (C=O) groups is 1. The third-order valence-electron chi connectivity index (χ3n) is 3.47. The Hall–Kier alpha value is -0.390. The Bertz CT molecular complexity index is 479. The maximum Gasteiger partial charge on any atom is 0.307 e. The third kappa shape index (κ3) is 4.04. The summed E-state index contributed by atoms with van der Waals surface area (Å²) in [4.78, 5) is 13.4. The second-order valence-corrected chi connectivity index (χ2v) is 7.03. The minimum atomic E-state index is -0.673. The SMILES string of the molecule is CC1CC(C(=O)O)CN(Cc2ccc(Br)c(Br)c2)C1. The fourth-order valence-corrected chi connectivity index (χ4v) is 3.34. The maximum atomic E-state index is 11.2. The predicted molar refractivity (Wildman–Crippen MR) is 82.0 cm³/mol. The van der Waals surface area contributed by atoms with Crippen LogP contribution < -0.4 is 0 Å². The molecule has 104 valence electrons. The van der Waals surface area contributed by atoms with E-state index in [1.807, 2.05) is 6.07 Å². The number of rotatable bonds is 3. The molecule has 0 saturated carbocycles. The predicted octanol–water partition coefficient (Wildman–Crippen LogP) is 3.75. The van der Waals surface area contributed by atoms with Crippen LogP contribution in [0.2, 0.25) is 0 Å². The molecule has 2 rings (SSSR count). The van der Waals surface area contributed by atoms with E-state index in [0.717, 1.165) is 28.5 Å². The molecule has 0 spiro atoms. The zero-order valence-corrected chi connectivity index (χ0v) is 13.9. The maximum absolute atomic E-state index is 11.2. The molecule has 1 aliphatic rings. The van der Waals surface area contributed by atoms with Gasteiger partial charge in [-0.05, 0) is 61.9 Å². The van der Waals surface area contributed by atoms with Crippen LogP contribution in [0.5, 0.6) is 0 Å². The van der Waals surface area contributed by atoms with Gasteiger partial charge in [0, 0.05) is 28.6 Å². The first-order valence-corrected chi connectivity index (χ1v) is 7.93. The van der Waals surface area contributed by atoms with E-state index in [4.69, 9.17) is 0 Å². The van der Waals surface area contributed by atoms with Crippen molar-refractivity contribution in [2.24, 2.45) is 11.8 Å². The van der Waals surface area contributed by atoms with Crippen molar-refractivity contribution in [3.8, 4) is 0 Å². The quantitative estimate of drug-likeness (QED) is 0.854. The van der Waals surface area contributed by atoms with Crippen molar-refractivity contribution < 1.29 is 9.90 Å². The van der Waals surface area contributed by atoms with Gasteiger partial charge in [-0.3, -0.25) is 9.69 Å². The van der Waals surface area contributed by atoms with Crippen LogP contribution >= 0.6 is 31.9 Å². The van der Waals surface area contributed by atoms with Gasteiger partial charge in [0.2, 0.25) is 0 Å². The van der Waals surface area contributed by atoms with Gasteiger partial charge < -0.3 is 5.11 Å². The van der Waals surface area contributed by atoms with Crippen LogP contribution in [-0.4, -0.2) is 29.1 Å². The third-order valence-corrected chi connectivity index (χ3v) is 5.35. The van der Waals surface area contributed by atoms with Gasteiger partial charge in [0.1, 0.15) is 0 Å². The Labute approximate surface area is 130 Å². The van der Waals surface area contributed by atoms with Crippen molar-refractivity contribution in [3.63, 3.8) is 0 Å². The van der Waals surface area contributed by atoms with E-state index in [9.17, 15) is 9.90 Å². The molecule has 1 aliphatic heterocycles. The highest BCUT2D eigenvalue weighted by molar-refractivity contribution is 9.13. The molecule has 0 aromatic heterocycles. The molecule has 0 aliphatic carbocycles. The van der Waals surface area contributed by atoms with Crippen LogP contribution in [0, 0.1) is 11.8 Å². The van der Waals surface area contributed by atoms with Gasteiger partial charge in [0.05, 0.1) is 5.92 Å². The minimum absolute atomic E-state index is 0.234. The molecule has 1 saturated heterocycles. The molecule has 2 atom stereocenters. The van der Waals surface area contributed by atoms with Crippen molar-refractivity contribution in [3.05, 3.63) is 32.7 Å². The Balaban J connectivity index is 2.05. The Morgan fingerprint density at radius 3 is 2.74 bits per heavy atom. The van der Waals surface area contributed by atoms with E-state index in [2.05, 4.69) is 55.8 Å². The number of aliphatic carboxylic acids is 1. The second kappa shape index (κ2) is 6.37. The largest absolute Gasteiger partial charge is 0.481 e. The number of piperidine rings is 1. The fourth-order valence-electron chi connectivity index (χ4n) is 2.67. The lowest BCUT2D eigenvalue weighted by Crippen LogP contribution is -2.41. The molecular weight excluding hydrogens is 374 g/mol. The summed E-state index contributed by atoms with van der Waals surface area (Å²) in [6.07, 6.45) is 0.788. The number of hydrogen-bond acceptors (Lipinski definition) is 2. The van der Waals surface area contributed by atoms with Crippen molar-refractivity contribution in [2.45, 2.75) is 19.9 Å². The van der Waals surface area contributed by atoms with E-state index in [1.165, 1.54) is 5.56 Å². The number of benzene rings is 1. The van der Waals surface area contributed by atoms with Gasteiger partial charge in [-0.1, -0.05) is 13.0 Å². The fraction of sp³-hybridized carbons (Fsp3) is 0.500. The van der Waals surface area contributed by atoms with Crippen LogP contribution in [-0.2, 0) is 11.3 Å². The number of carboxylic acid groups (broad SMARTS) is 1. The number of likely N-dealkylation sites (tertiary alicyclic amines) is 1. The lowest BCUT2D eigenvalue weighted by atomic mass is 9.90. The average molecular weight is 391 g/mol. The summed E-state index contributed by atoms with van der Waals surface area (Å²) in [6, 6.07) is 6.17. The molecule has 5 heteroatoms. The van der Waals surface area contributed by atoms with Gasteiger partial charge in [-0.25, -0.2) is 0 Å². The monoisotopic (exact) mass is 389 g/mol. The van der Waals surface area contributed by atoms with Crippen LogP contribution in [0.25, 0.3) is 0 Å². The van der Waals surface area contributed by atoms with Crippen molar-refractivity contribution in [2.75, 3.05) is 13.1 Å². The highest BCUT2D eigenvalue weighted by Gasteiger charge is 2.29. The summed E-state index contributed by atoms with van der Waals surface area (Å²) >= 11 is 6.95. The summed E-state index contributed by atoms with van der Waals surface area (Å²) in [5, 5.41) is 9.18. The topological polar surface area (TPSA) is 40.5 Å². The molecule has 1 heterocycles. The summed E-state index contributed by atoms with van der Waals surface area (Å²) in [5.74, 6) is -0.468. The van der Waals surface area contributed by atoms with E-state index in [0.29, 0.717) is 12.5 Å². The van der Waals surface area contributed by atoms with Crippen molar-refractivity contribution in [1.29, 1.82) is 0 Å². The van der Waals surface area contributed by atoms with E-state index in [-0.39, 0.29) is 5.92 Å². The lowest BCUT2D eigenvalue weighted by Gasteiger charge is -2.34. The molecule has 1 N–H and O–H groups in total. The average Bonchev–Trinajstić information content (AvgIpc) is 2.33. The highest BCUT2D eigenvalue weighted by atomic mass is 79.9. The van der Waals surface area contributed by atoms with Gasteiger partial charge in [0.15, 0.2) is 0 Å². The number of hydrogen-bond donors (Lipinski definition) is 1. The van der Waals surface area contributed by atoms with Gasteiger partial charge in [-0.2, -0.15) is 0 Å². The van der Waals surface area contributed by atoms with Crippen LogP contribution in [0.4, 0.5) is 0 Å². The Kier molecular flexibility index (Phi) is 5.03. The Morgan fingerprint density at radius 2 is 2.11 bits per heavy atom. The number of nitrogens with zero attached hydrogens (tertiary/aromatic N) is 1. The normalized spacial score (nSPS) is 24.4. The molecule has 3 nitrogen and oxygen atoms in total. The lowest BCUT2D eigenvalue weighted by molar-refractivity contribution is -0.144. The molecule has 0 amide bonds. The van der Waals surface area contributed by atoms with E-state index in [1.54, 1.807) is 0 Å². The Morgan fingerprint density at radius 1 is 1.37 bits per heavy atom. The first-order chi connectivity index (χ1) is 8.95. The van der Waals surface area contributed by atoms with Crippen molar-refractivity contribution in [1.82, 2.24) is 4.90 Å². The molecule has 1 aromatic rings. The smallest absolute Gasteiger partial charge is 0.307 e. The zero-order chi connectivity index (χ0) is 14.0. The summed E-state index contributed by atoms with van der Waals surface area (Å²) in [7, 11) is 0. The first-order valence-electron chi connectivity index (χ1n) is 6.34. The van der Waals surface area contributed by atoms with Crippen LogP contribution in [0.1, 0.15) is 18.9 Å². The van der Waals surface area contributed by atoms with Crippen LogP contribution in [0.15, 0.2) is 27.1 Å². The summed E-state index contributed by atoms with van der Waals surface area (Å²) < 4.78 is 2.07. The minimum Gasteiger partial charge on any atom is -0.481 e. The van der Waals surface area contributed by atoms with Crippen LogP contribution in [0.3, 0.4) is 0 Å². The molecule has 1 aromatic carbocycles. The van der Waals surface area contributed by atoms with Gasteiger partial charge >= 0.3 is 5.97 Å². The highest BCUT2D eigenvalue weighted by Crippen LogP contribution is 2.27. The molecule has 1 fully saturated rings. The summed E-state index contributed by atoms with van der Waals surface area (Å²) in [6.45, 7) is 4.55.